The largest absolute Gasteiger partial charge is 0.465 e. The lowest BCUT2D eigenvalue weighted by Crippen LogP contribution is -2.52. The number of carbonyl (C=O) groups is 4. The zero-order chi connectivity index (χ0) is 42.1. The summed E-state index contributed by atoms with van der Waals surface area (Å²) in [5, 5.41) is 14.6. The molecule has 0 spiro atoms. The summed E-state index contributed by atoms with van der Waals surface area (Å²) in [6, 6.07) is 19.5. The Bertz CT molecular complexity index is 2490. The number of alkyl carbamates (subject to hydrolysis) is 1. The van der Waals surface area contributed by atoms with Crippen LogP contribution in [0.1, 0.15) is 77.1 Å². The monoisotopic (exact) mass is 812 g/mol. The summed E-state index contributed by atoms with van der Waals surface area (Å²) in [5.41, 5.74) is 5.83. The van der Waals surface area contributed by atoms with Crippen molar-refractivity contribution in [2.45, 2.75) is 89.6 Å². The Balaban J connectivity index is 0.912. The molecule has 2 aliphatic heterocycles. The molecule has 14 nitrogen and oxygen atoms in total. The van der Waals surface area contributed by atoms with E-state index in [1.807, 2.05) is 56.0 Å². The van der Waals surface area contributed by atoms with Crippen LogP contribution in [0.15, 0.2) is 73.1 Å². The van der Waals surface area contributed by atoms with Crippen LogP contribution < -0.4 is 5.32 Å². The molecule has 4 N–H and O–H groups in total. The third-order valence-electron chi connectivity index (χ3n) is 13.2. The molecule has 0 bridgehead atoms. The molecule has 0 unspecified atom stereocenters. The summed E-state index contributed by atoms with van der Waals surface area (Å²) < 4.78 is 4.81. The van der Waals surface area contributed by atoms with Crippen molar-refractivity contribution >= 4 is 34.8 Å². The van der Waals surface area contributed by atoms with Gasteiger partial charge in [0, 0.05) is 30.3 Å². The number of H-pyrrole nitrogens is 2. The van der Waals surface area contributed by atoms with Gasteiger partial charge in [-0.1, -0.05) is 70.2 Å². The van der Waals surface area contributed by atoms with E-state index in [9.17, 15) is 24.3 Å². The fourth-order valence-corrected chi connectivity index (χ4v) is 9.83. The Morgan fingerprint density at radius 1 is 0.733 bits per heavy atom. The van der Waals surface area contributed by atoms with E-state index < -0.39 is 24.3 Å². The van der Waals surface area contributed by atoms with Crippen molar-refractivity contribution in [3.63, 3.8) is 0 Å². The van der Waals surface area contributed by atoms with E-state index >= 15 is 0 Å². The first-order valence-electron chi connectivity index (χ1n) is 21.0. The number of methoxy groups -OCH3 is 1. The highest BCUT2D eigenvalue weighted by Crippen LogP contribution is 2.54. The quantitative estimate of drug-likeness (QED) is 0.105. The van der Waals surface area contributed by atoms with Crippen LogP contribution >= 0.6 is 0 Å². The number of likely N-dealkylation sites (N-methyl/N-ethyl adjacent to an activating group) is 1. The van der Waals surface area contributed by atoms with E-state index in [1.54, 1.807) is 0 Å². The van der Waals surface area contributed by atoms with Crippen LogP contribution in [0.4, 0.5) is 9.59 Å². The van der Waals surface area contributed by atoms with Gasteiger partial charge < -0.3 is 34.9 Å². The number of piperidine rings is 2. The lowest BCUT2D eigenvalue weighted by atomic mass is 9.98. The van der Waals surface area contributed by atoms with Gasteiger partial charge in [0.15, 0.2) is 0 Å². The number of carbonyl (C=O) groups excluding carboxylic acids is 3. The number of hydrogen-bond acceptors (Lipinski definition) is 7. The Hall–Kier alpha value is -6.18. The smallest absolute Gasteiger partial charge is 0.407 e. The van der Waals surface area contributed by atoms with E-state index in [0.29, 0.717) is 11.8 Å². The highest BCUT2D eigenvalue weighted by Gasteiger charge is 2.57. The maximum atomic E-state index is 13.9. The number of rotatable bonds is 11. The summed E-state index contributed by atoms with van der Waals surface area (Å²) in [6.07, 6.45) is 5.49. The average Bonchev–Trinajstić information content (AvgIpc) is 3.82. The zero-order valence-electron chi connectivity index (χ0n) is 34.8. The Morgan fingerprint density at radius 2 is 1.25 bits per heavy atom. The summed E-state index contributed by atoms with van der Waals surface area (Å²) in [5.74, 6) is 1.79. The number of ether oxygens (including phenoxy) is 1. The number of likely N-dealkylation sites (tertiary alicyclic amines) is 2. The highest BCUT2D eigenvalue weighted by molar-refractivity contribution is 5.91. The minimum Gasteiger partial charge on any atom is -0.465 e. The van der Waals surface area contributed by atoms with Crippen LogP contribution in [0.25, 0.3) is 44.4 Å². The van der Waals surface area contributed by atoms with Crippen molar-refractivity contribution in [2.24, 2.45) is 23.7 Å². The molecule has 0 radical (unpaired) electrons. The molecule has 60 heavy (non-hydrogen) atoms. The maximum Gasteiger partial charge on any atom is 0.407 e. The SMILES string of the molecule is COC(=O)N[C@H](C(=O)N1[C@@H]2C[C@@H]2C[C@H]1c1ncc(-c2cccc(-c3ccc4cc(-c5cnc([C@H]6C[C@@H]7C[C@@H]7N6C(=O)[C@H](C(C)C)N(C)C(=O)O)[nH]5)ccc4c3)c2)[nH]1)C(C)C. The molecule has 2 saturated carbocycles. The van der Waals surface area contributed by atoms with Crippen molar-refractivity contribution in [3.05, 3.63) is 84.7 Å². The molecule has 2 aromatic heterocycles. The summed E-state index contributed by atoms with van der Waals surface area (Å²) >= 11 is 0. The van der Waals surface area contributed by atoms with Crippen LogP contribution in [-0.4, -0.2) is 102 Å². The predicted molar refractivity (Wildman–Crippen MR) is 225 cm³/mol. The number of aromatic nitrogens is 4. The number of nitrogens with one attached hydrogen (secondary N) is 3. The molecule has 4 aliphatic rings. The fraction of sp³-hybridized carbons (Fsp3) is 0.435. The van der Waals surface area contributed by atoms with Crippen LogP contribution in [0, 0.1) is 23.7 Å². The number of imidazole rings is 2. The topological polar surface area (TPSA) is 177 Å². The van der Waals surface area contributed by atoms with E-state index in [0.717, 1.165) is 86.6 Å². The van der Waals surface area contributed by atoms with Gasteiger partial charge in [-0.3, -0.25) is 14.5 Å². The van der Waals surface area contributed by atoms with Gasteiger partial charge in [0.1, 0.15) is 23.7 Å². The molecular weight excluding hydrogens is 761 g/mol. The van der Waals surface area contributed by atoms with E-state index in [4.69, 9.17) is 14.7 Å². The second kappa shape index (κ2) is 15.1. The van der Waals surface area contributed by atoms with E-state index in [-0.39, 0.29) is 47.8 Å². The first-order valence-corrected chi connectivity index (χ1v) is 21.0. The fourth-order valence-electron chi connectivity index (χ4n) is 9.83. The molecule has 5 aromatic rings. The van der Waals surface area contributed by atoms with Crippen molar-refractivity contribution in [1.82, 2.24) is 40.0 Å². The average molecular weight is 813 g/mol. The lowest BCUT2D eigenvalue weighted by Gasteiger charge is -2.35. The van der Waals surface area contributed by atoms with Gasteiger partial charge in [0.25, 0.3) is 0 Å². The molecule has 3 aromatic carbocycles. The van der Waals surface area contributed by atoms with Crippen LogP contribution in [0.3, 0.4) is 0 Å². The normalized spacial score (nSPS) is 23.7. The van der Waals surface area contributed by atoms with Gasteiger partial charge in [-0.25, -0.2) is 19.6 Å². The van der Waals surface area contributed by atoms with Crippen LogP contribution in [0.5, 0.6) is 0 Å². The Labute approximate surface area is 348 Å². The number of benzene rings is 3. The molecule has 8 atom stereocenters. The number of carboxylic acid groups (broad SMARTS) is 1. The lowest BCUT2D eigenvalue weighted by molar-refractivity contribution is -0.140. The molecule has 312 valence electrons. The molecule has 2 aliphatic carbocycles. The maximum absolute atomic E-state index is 13.9. The number of nitrogens with zero attached hydrogens (tertiary/aromatic N) is 5. The van der Waals surface area contributed by atoms with Gasteiger partial charge in [0.05, 0.1) is 43.0 Å². The summed E-state index contributed by atoms with van der Waals surface area (Å²) in [4.78, 5) is 73.3. The third kappa shape index (κ3) is 7.05. The Kier molecular flexibility index (Phi) is 9.91. The van der Waals surface area contributed by atoms with Gasteiger partial charge in [-0.05, 0) is 89.5 Å². The minimum absolute atomic E-state index is 0.104. The predicted octanol–water partition coefficient (Wildman–Crippen LogP) is 7.63. The molecule has 4 amide bonds. The van der Waals surface area contributed by atoms with Gasteiger partial charge in [0.2, 0.25) is 11.8 Å². The molecule has 2 saturated heterocycles. The first-order chi connectivity index (χ1) is 28.8. The highest BCUT2D eigenvalue weighted by atomic mass is 16.5. The Morgan fingerprint density at radius 3 is 1.80 bits per heavy atom. The molecule has 4 fully saturated rings. The van der Waals surface area contributed by atoms with Crippen molar-refractivity contribution < 1.29 is 29.0 Å². The summed E-state index contributed by atoms with van der Waals surface area (Å²) in [7, 11) is 2.77. The van der Waals surface area contributed by atoms with Crippen molar-refractivity contribution in [3.8, 4) is 33.6 Å². The van der Waals surface area contributed by atoms with Crippen LogP contribution in [0.2, 0.25) is 0 Å². The standard InChI is InChI=1S/C46H52N8O6/c1-23(2)39(51-45(57)60-6)43(55)53-35-17-31(35)19-37(53)41-47-21-33(49-41)29-9-7-8-25(15-29)26-10-11-28-16-30(13-12-27(28)14-26)34-22-48-42(50-34)38-20-32-18-36(32)54(38)44(56)40(24(3)4)52(5)46(58)59/h7-16,21-24,31-32,35-40H,17-20H2,1-6H3,(H,47,49)(H,48,50)(H,51,57)(H,58,59)/t31-,32+,35-,36+,37+,38-,39+,40+/m1/s1. The zero-order valence-corrected chi connectivity index (χ0v) is 34.8. The first kappa shape index (κ1) is 39.3. The van der Waals surface area contributed by atoms with Gasteiger partial charge in [-0.2, -0.15) is 0 Å². The van der Waals surface area contributed by atoms with E-state index in [2.05, 4.69) is 69.9 Å². The van der Waals surface area contributed by atoms with Gasteiger partial charge in [-0.15, -0.1) is 0 Å². The molecule has 14 heteroatoms. The second-order valence-electron chi connectivity index (χ2n) is 17.8. The van der Waals surface area contributed by atoms with E-state index in [1.165, 1.54) is 14.2 Å². The molecule has 9 rings (SSSR count). The van der Waals surface area contributed by atoms with Gasteiger partial charge >= 0.3 is 12.2 Å². The number of amides is 4. The number of aromatic amines is 2. The number of hydrogen-bond donors (Lipinski definition) is 4. The summed E-state index contributed by atoms with van der Waals surface area (Å²) in [6.45, 7) is 7.61. The van der Waals surface area contributed by atoms with Crippen molar-refractivity contribution in [2.75, 3.05) is 14.2 Å². The van der Waals surface area contributed by atoms with Crippen LogP contribution in [-0.2, 0) is 14.3 Å². The molecular formula is C46H52N8O6. The number of fused-ring (bicyclic) bond motifs is 3. The minimum atomic E-state index is -1.11. The molecule has 4 heterocycles. The second-order valence-corrected chi connectivity index (χ2v) is 17.8. The van der Waals surface area contributed by atoms with Crippen molar-refractivity contribution in [1.29, 1.82) is 0 Å². The third-order valence-corrected chi connectivity index (χ3v) is 13.2.